The van der Waals surface area contributed by atoms with Crippen LogP contribution in [0.3, 0.4) is 0 Å². The van der Waals surface area contributed by atoms with E-state index in [0.29, 0.717) is 44.1 Å². The third-order valence-corrected chi connectivity index (χ3v) is 5.81. The summed E-state index contributed by atoms with van der Waals surface area (Å²) >= 11 is 1.50. The minimum absolute atomic E-state index is 0.0737. The first-order valence-electron chi connectivity index (χ1n) is 9.44. The Kier molecular flexibility index (Phi) is 5.65. The number of nitrogens with one attached hydrogen (secondary N) is 2. The van der Waals surface area contributed by atoms with E-state index < -0.39 is 6.04 Å². The van der Waals surface area contributed by atoms with Crippen molar-refractivity contribution in [3.8, 4) is 0 Å². The van der Waals surface area contributed by atoms with Gasteiger partial charge >= 0.3 is 6.03 Å². The number of rotatable bonds is 6. The molecule has 4 heterocycles. The summed E-state index contributed by atoms with van der Waals surface area (Å²) in [6.07, 6.45) is 1.62. The molecular weight excluding hydrogens is 394 g/mol. The lowest BCUT2D eigenvalue weighted by Crippen LogP contribution is -2.51. The zero-order valence-electron chi connectivity index (χ0n) is 15.9. The lowest BCUT2D eigenvalue weighted by molar-refractivity contribution is -0.135. The zero-order valence-corrected chi connectivity index (χ0v) is 16.7. The number of hydrogen-bond donors (Lipinski definition) is 2. The maximum absolute atomic E-state index is 13.2. The molecule has 0 aliphatic carbocycles. The Morgan fingerprint density at radius 3 is 2.86 bits per heavy atom. The topological polar surface area (TPSA) is 94.2 Å². The second-order valence-corrected chi connectivity index (χ2v) is 7.77. The van der Waals surface area contributed by atoms with Crippen molar-refractivity contribution < 1.29 is 19.1 Å². The minimum Gasteiger partial charge on any atom is -0.379 e. The van der Waals surface area contributed by atoms with E-state index in [1.54, 1.807) is 11.1 Å². The van der Waals surface area contributed by atoms with Gasteiger partial charge in [0.2, 0.25) is 0 Å². The van der Waals surface area contributed by atoms with Crippen LogP contribution in [-0.2, 0) is 14.3 Å². The van der Waals surface area contributed by atoms with E-state index in [0.717, 1.165) is 5.56 Å². The Bertz CT molecular complexity index is 847. The second kappa shape index (κ2) is 8.36. The van der Waals surface area contributed by atoms with Crippen molar-refractivity contribution in [3.05, 3.63) is 46.3 Å². The number of thiophene rings is 1. The number of hydrazine groups is 1. The van der Waals surface area contributed by atoms with Gasteiger partial charge in [0, 0.05) is 19.6 Å². The number of amides is 4. The Balaban J connectivity index is 1.52. The van der Waals surface area contributed by atoms with Crippen LogP contribution in [0.15, 0.2) is 40.8 Å². The van der Waals surface area contributed by atoms with Crippen molar-refractivity contribution in [1.29, 1.82) is 0 Å². The van der Waals surface area contributed by atoms with Gasteiger partial charge in [0.25, 0.3) is 11.8 Å². The SMILES string of the molecule is C=CCN1C(=O)N[C@H](c2ccsc2)C2=C1CN(CC(=O)NN1CCOCC1)C2=O. The molecule has 10 heteroatoms. The van der Waals surface area contributed by atoms with E-state index in [-0.39, 0.29) is 30.9 Å². The summed E-state index contributed by atoms with van der Waals surface area (Å²) in [6.45, 7) is 6.48. The summed E-state index contributed by atoms with van der Waals surface area (Å²) < 4.78 is 5.27. The van der Waals surface area contributed by atoms with E-state index >= 15 is 0 Å². The van der Waals surface area contributed by atoms with Gasteiger partial charge in [-0.3, -0.25) is 19.9 Å². The van der Waals surface area contributed by atoms with Crippen molar-refractivity contribution in [2.24, 2.45) is 0 Å². The van der Waals surface area contributed by atoms with Gasteiger partial charge in [0.05, 0.1) is 37.1 Å². The maximum Gasteiger partial charge on any atom is 0.322 e. The van der Waals surface area contributed by atoms with Gasteiger partial charge in [-0.1, -0.05) is 6.08 Å². The molecule has 0 unspecified atom stereocenters. The summed E-state index contributed by atoms with van der Waals surface area (Å²) in [5, 5.41) is 8.53. The fraction of sp³-hybridized carbons (Fsp3) is 0.421. The largest absolute Gasteiger partial charge is 0.379 e. The number of ether oxygens (including phenoxy) is 1. The molecule has 0 radical (unpaired) electrons. The van der Waals surface area contributed by atoms with Crippen LogP contribution < -0.4 is 10.7 Å². The van der Waals surface area contributed by atoms with Gasteiger partial charge in [0.1, 0.15) is 6.54 Å². The van der Waals surface area contributed by atoms with E-state index in [1.807, 2.05) is 16.8 Å². The van der Waals surface area contributed by atoms with E-state index in [4.69, 9.17) is 4.74 Å². The first-order valence-corrected chi connectivity index (χ1v) is 10.4. The fourth-order valence-electron chi connectivity index (χ4n) is 3.75. The van der Waals surface area contributed by atoms with Gasteiger partial charge < -0.3 is 15.0 Å². The monoisotopic (exact) mass is 417 g/mol. The van der Waals surface area contributed by atoms with E-state index in [1.165, 1.54) is 21.1 Å². The Labute approximate surface area is 172 Å². The molecule has 1 aromatic rings. The van der Waals surface area contributed by atoms with Crippen LogP contribution in [-0.4, -0.2) is 78.6 Å². The van der Waals surface area contributed by atoms with Gasteiger partial charge in [-0.15, -0.1) is 6.58 Å². The van der Waals surface area contributed by atoms with Crippen LogP contribution in [0.25, 0.3) is 0 Å². The molecule has 4 rings (SSSR count). The number of carbonyl (C=O) groups is 3. The molecule has 1 saturated heterocycles. The number of morpholine rings is 1. The molecule has 3 aliphatic rings. The van der Waals surface area contributed by atoms with Crippen LogP contribution in [0.1, 0.15) is 11.6 Å². The summed E-state index contributed by atoms with van der Waals surface area (Å²) in [6, 6.07) is 1.11. The third-order valence-electron chi connectivity index (χ3n) is 5.11. The summed E-state index contributed by atoms with van der Waals surface area (Å²) in [5.41, 5.74) is 4.84. The smallest absolute Gasteiger partial charge is 0.322 e. The molecule has 1 aromatic heterocycles. The molecule has 1 atom stereocenters. The van der Waals surface area contributed by atoms with Gasteiger partial charge in [-0.25, -0.2) is 9.80 Å². The molecule has 2 N–H and O–H groups in total. The summed E-state index contributed by atoms with van der Waals surface area (Å²) in [4.78, 5) is 41.3. The standard InChI is InChI=1S/C19H23N5O4S/c1-2-4-24-14-10-22(11-15(25)21-23-5-7-28-8-6-23)18(26)16(14)17(20-19(24)27)13-3-9-29-12-13/h2-3,9,12,17H,1,4-8,10-11H2,(H,20,27)(H,21,25)/t17-/m1/s1. The lowest BCUT2D eigenvalue weighted by atomic mass is 9.98. The number of nitrogens with zero attached hydrogens (tertiary/aromatic N) is 3. The number of urea groups is 1. The first-order chi connectivity index (χ1) is 14.1. The molecule has 0 aromatic carbocycles. The van der Waals surface area contributed by atoms with Crippen molar-refractivity contribution in [1.82, 2.24) is 25.6 Å². The van der Waals surface area contributed by atoms with Crippen molar-refractivity contribution in [2.75, 3.05) is 45.9 Å². The average Bonchev–Trinajstić information content (AvgIpc) is 3.34. The predicted molar refractivity (Wildman–Crippen MR) is 107 cm³/mol. The molecule has 154 valence electrons. The molecule has 1 fully saturated rings. The highest BCUT2D eigenvalue weighted by Crippen LogP contribution is 2.36. The predicted octanol–water partition coefficient (Wildman–Crippen LogP) is 0.460. The molecule has 3 aliphatic heterocycles. The van der Waals surface area contributed by atoms with Crippen LogP contribution in [0.4, 0.5) is 4.79 Å². The zero-order chi connectivity index (χ0) is 20.4. The quantitative estimate of drug-likeness (QED) is 0.656. The fourth-order valence-corrected chi connectivity index (χ4v) is 4.43. The van der Waals surface area contributed by atoms with Crippen LogP contribution in [0.5, 0.6) is 0 Å². The lowest BCUT2D eigenvalue weighted by Gasteiger charge is -2.32. The molecule has 0 saturated carbocycles. The Morgan fingerprint density at radius 2 is 2.17 bits per heavy atom. The molecule has 0 spiro atoms. The Hall–Kier alpha value is -2.69. The average molecular weight is 417 g/mol. The van der Waals surface area contributed by atoms with E-state index in [9.17, 15) is 14.4 Å². The second-order valence-electron chi connectivity index (χ2n) is 6.99. The molecular formula is C19H23N5O4S. The van der Waals surface area contributed by atoms with Crippen molar-refractivity contribution >= 4 is 29.2 Å². The number of carbonyl (C=O) groups excluding carboxylic acids is 3. The van der Waals surface area contributed by atoms with Gasteiger partial charge in [0.15, 0.2) is 0 Å². The highest BCUT2D eigenvalue weighted by molar-refractivity contribution is 7.08. The summed E-state index contributed by atoms with van der Waals surface area (Å²) in [5.74, 6) is -0.496. The van der Waals surface area contributed by atoms with Crippen molar-refractivity contribution in [3.63, 3.8) is 0 Å². The van der Waals surface area contributed by atoms with Crippen LogP contribution in [0.2, 0.25) is 0 Å². The third kappa shape index (κ3) is 3.91. The minimum atomic E-state index is -0.510. The molecule has 0 bridgehead atoms. The highest BCUT2D eigenvalue weighted by atomic mass is 32.1. The van der Waals surface area contributed by atoms with Gasteiger partial charge in [-0.05, 0) is 22.4 Å². The molecule has 4 amide bonds. The van der Waals surface area contributed by atoms with Crippen LogP contribution >= 0.6 is 11.3 Å². The number of hydrogen-bond acceptors (Lipinski definition) is 6. The van der Waals surface area contributed by atoms with E-state index in [2.05, 4.69) is 17.3 Å². The van der Waals surface area contributed by atoms with Crippen LogP contribution in [0, 0.1) is 0 Å². The first kappa shape index (κ1) is 19.6. The van der Waals surface area contributed by atoms with Crippen molar-refractivity contribution in [2.45, 2.75) is 6.04 Å². The Morgan fingerprint density at radius 1 is 1.38 bits per heavy atom. The summed E-state index contributed by atoms with van der Waals surface area (Å²) in [7, 11) is 0. The highest BCUT2D eigenvalue weighted by Gasteiger charge is 2.44. The maximum atomic E-state index is 13.2. The molecule has 9 nitrogen and oxygen atoms in total. The molecule has 29 heavy (non-hydrogen) atoms. The normalized spacial score (nSPS) is 22.6. The van der Waals surface area contributed by atoms with Gasteiger partial charge in [-0.2, -0.15) is 11.3 Å².